The number of fused-ring (bicyclic) bond motifs is 2. The number of carboxylic acid groups (broad SMARTS) is 1. The van der Waals surface area contributed by atoms with Crippen LogP contribution >= 0.6 is 0 Å². The van der Waals surface area contributed by atoms with Gasteiger partial charge in [0.2, 0.25) is 5.78 Å². The van der Waals surface area contributed by atoms with Crippen LogP contribution in [0.2, 0.25) is 0 Å². The highest BCUT2D eigenvalue weighted by Gasteiger charge is 2.49. The molecule has 1 aliphatic heterocycles. The first-order valence-electron chi connectivity index (χ1n) is 9.87. The number of hydrogen-bond acceptors (Lipinski definition) is 13. The van der Waals surface area contributed by atoms with Crippen LogP contribution in [0.5, 0.6) is 28.7 Å². The van der Waals surface area contributed by atoms with Crippen LogP contribution in [-0.4, -0.2) is 99.6 Å². The number of rotatable bonds is 3. The Morgan fingerprint density at radius 2 is 1.40 bits per heavy atom. The molecule has 14 heteroatoms. The largest absolute Gasteiger partial charge is 0.507 e. The summed E-state index contributed by atoms with van der Waals surface area (Å²) in [6.45, 7) is -0.889. The predicted molar refractivity (Wildman–Crippen MR) is 108 cm³/mol. The normalized spacial score (nSPS) is 25.8. The summed E-state index contributed by atoms with van der Waals surface area (Å²) < 4.78 is 5.25. The molecular weight excluding hydrogens is 476 g/mol. The number of aromatic carboxylic acids is 1. The third-order valence-corrected chi connectivity index (χ3v) is 6.05. The van der Waals surface area contributed by atoms with Gasteiger partial charge >= 0.3 is 5.97 Å². The molecule has 1 fully saturated rings. The smallest absolute Gasteiger partial charge is 0.343 e. The summed E-state index contributed by atoms with van der Waals surface area (Å²) in [4.78, 5) is 37.6. The number of aliphatic hydroxyl groups excluding tert-OH is 4. The maximum atomic E-state index is 13.2. The molecule has 2 unspecified atom stereocenters. The van der Waals surface area contributed by atoms with Crippen LogP contribution in [-0.2, 0) is 4.74 Å². The number of phenolic OH excluding ortho intramolecular Hbond substituents is 3. The average Bonchev–Trinajstić information content (AvgIpc) is 2.79. The molecule has 0 radical (unpaired) electrons. The Labute approximate surface area is 193 Å². The fraction of sp³-hybridized carbons (Fsp3) is 0.286. The van der Waals surface area contributed by atoms with Gasteiger partial charge in [-0.15, -0.1) is 0 Å². The molecule has 0 spiro atoms. The SMILES string of the molecule is O=C(O)c1c(O)cc2c(c1O)C(=O)c1c(O)c([C@H]3OC(CO)[C@@H](O)[C@H](O)C3O)c(O)c(O)c1C2=O. The second-order valence-corrected chi connectivity index (χ2v) is 7.96. The van der Waals surface area contributed by atoms with Gasteiger partial charge in [0.15, 0.2) is 17.3 Å². The Bertz CT molecular complexity index is 1300. The van der Waals surface area contributed by atoms with Crippen LogP contribution in [0.15, 0.2) is 6.07 Å². The lowest BCUT2D eigenvalue weighted by Crippen LogP contribution is -2.55. The second-order valence-electron chi connectivity index (χ2n) is 7.96. The van der Waals surface area contributed by atoms with E-state index in [9.17, 15) is 65.4 Å². The molecule has 0 bridgehead atoms. The Hall–Kier alpha value is -3.95. The van der Waals surface area contributed by atoms with E-state index in [4.69, 9.17) is 4.74 Å². The number of carbonyl (C=O) groups excluding carboxylic acids is 2. The Morgan fingerprint density at radius 3 is 1.97 bits per heavy atom. The molecule has 186 valence electrons. The highest BCUT2D eigenvalue weighted by molar-refractivity contribution is 6.32. The molecular formula is C21H18O14. The van der Waals surface area contributed by atoms with E-state index in [1.54, 1.807) is 0 Å². The molecule has 2 aromatic carbocycles. The first-order chi connectivity index (χ1) is 16.3. The van der Waals surface area contributed by atoms with Gasteiger partial charge in [0, 0.05) is 5.56 Å². The standard InChI is InChI=1S/C21H18O14/c22-2-5-12(25)18(31)19(32)20(35-5)10-15(28)9-8(16(29)17(10)30)11(24)3-1-4(23)7(21(33)34)13(26)6(3)14(9)27/h1,5,12,18-20,22-23,25-26,28-32H,2H2,(H,33,34)/t5?,12-,18+,19?,20-/m1/s1. The van der Waals surface area contributed by atoms with E-state index in [1.165, 1.54) is 0 Å². The van der Waals surface area contributed by atoms with Gasteiger partial charge in [-0.3, -0.25) is 9.59 Å². The van der Waals surface area contributed by atoms with Crippen molar-refractivity contribution in [2.75, 3.05) is 6.61 Å². The first-order valence-corrected chi connectivity index (χ1v) is 9.87. The number of carboxylic acids is 1. The summed E-state index contributed by atoms with van der Waals surface area (Å²) >= 11 is 0. The number of hydrogen-bond donors (Lipinski definition) is 10. The van der Waals surface area contributed by atoms with Gasteiger partial charge in [-0.05, 0) is 6.07 Å². The van der Waals surface area contributed by atoms with Gasteiger partial charge in [-0.25, -0.2) is 4.79 Å². The van der Waals surface area contributed by atoms with Crippen molar-refractivity contribution in [3.63, 3.8) is 0 Å². The zero-order valence-corrected chi connectivity index (χ0v) is 17.3. The van der Waals surface area contributed by atoms with E-state index in [-0.39, 0.29) is 0 Å². The topological polar surface area (TPSA) is 263 Å². The number of aromatic hydroxyl groups is 5. The minimum Gasteiger partial charge on any atom is -0.507 e. The molecule has 0 amide bonds. The lowest BCUT2D eigenvalue weighted by atomic mass is 9.79. The molecule has 2 aliphatic rings. The zero-order valence-electron chi connectivity index (χ0n) is 17.3. The van der Waals surface area contributed by atoms with E-state index in [2.05, 4.69) is 0 Å². The highest BCUT2D eigenvalue weighted by atomic mass is 16.5. The van der Waals surface area contributed by atoms with Gasteiger partial charge in [-0.1, -0.05) is 0 Å². The molecule has 35 heavy (non-hydrogen) atoms. The van der Waals surface area contributed by atoms with Crippen LogP contribution < -0.4 is 0 Å². The van der Waals surface area contributed by atoms with Crippen molar-refractivity contribution in [1.82, 2.24) is 0 Å². The maximum Gasteiger partial charge on any atom is 0.343 e. The molecule has 0 aromatic heterocycles. The summed E-state index contributed by atoms with van der Waals surface area (Å²) in [6.07, 6.45) is -9.35. The summed E-state index contributed by atoms with van der Waals surface area (Å²) in [5, 5.41) is 101. The number of carbonyl (C=O) groups is 3. The molecule has 1 aliphatic carbocycles. The number of ether oxygens (including phenoxy) is 1. The maximum absolute atomic E-state index is 13.2. The molecule has 4 rings (SSSR count). The van der Waals surface area contributed by atoms with Crippen LogP contribution in [0.1, 0.15) is 53.9 Å². The molecule has 10 N–H and O–H groups in total. The van der Waals surface area contributed by atoms with Gasteiger partial charge in [0.25, 0.3) is 0 Å². The van der Waals surface area contributed by atoms with E-state index < -0.39 is 117 Å². The van der Waals surface area contributed by atoms with E-state index in [0.717, 1.165) is 0 Å². The summed E-state index contributed by atoms with van der Waals surface area (Å²) in [5.41, 5.74) is -5.67. The van der Waals surface area contributed by atoms with Crippen molar-refractivity contribution in [3.8, 4) is 28.7 Å². The van der Waals surface area contributed by atoms with E-state index >= 15 is 0 Å². The average molecular weight is 494 g/mol. The van der Waals surface area contributed by atoms with Crippen LogP contribution in [0.4, 0.5) is 0 Å². The summed E-state index contributed by atoms with van der Waals surface area (Å²) in [6, 6.07) is 0.556. The molecule has 14 nitrogen and oxygen atoms in total. The number of benzene rings is 2. The van der Waals surface area contributed by atoms with Gasteiger partial charge in [0.1, 0.15) is 53.3 Å². The van der Waals surface area contributed by atoms with Crippen LogP contribution in [0.25, 0.3) is 0 Å². The predicted octanol–water partition coefficient (Wildman–Crippen LogP) is -1.80. The van der Waals surface area contributed by atoms with Gasteiger partial charge < -0.3 is 55.8 Å². The quantitative estimate of drug-likeness (QED) is 0.142. The van der Waals surface area contributed by atoms with Crippen molar-refractivity contribution in [3.05, 3.63) is 39.4 Å². The number of aliphatic hydroxyl groups is 4. The highest BCUT2D eigenvalue weighted by Crippen LogP contribution is 2.52. The van der Waals surface area contributed by atoms with E-state index in [1.807, 2.05) is 0 Å². The first kappa shape index (κ1) is 24.2. The lowest BCUT2D eigenvalue weighted by Gasteiger charge is -2.40. The Balaban J connectivity index is 1.99. The third kappa shape index (κ3) is 3.19. The number of ketones is 2. The Morgan fingerprint density at radius 1 is 0.800 bits per heavy atom. The second kappa shape index (κ2) is 8.07. The monoisotopic (exact) mass is 494 g/mol. The zero-order chi connectivity index (χ0) is 26.1. The molecule has 1 heterocycles. The minimum absolute atomic E-state index is 0.556. The fourth-order valence-corrected chi connectivity index (χ4v) is 4.32. The van der Waals surface area contributed by atoms with E-state index in [0.29, 0.717) is 6.07 Å². The van der Waals surface area contributed by atoms with Crippen LogP contribution in [0.3, 0.4) is 0 Å². The number of phenols is 5. The van der Waals surface area contributed by atoms with Crippen LogP contribution in [0, 0.1) is 0 Å². The molecule has 5 atom stereocenters. The van der Waals surface area contributed by atoms with Crippen molar-refractivity contribution in [2.24, 2.45) is 0 Å². The lowest BCUT2D eigenvalue weighted by molar-refractivity contribution is -0.232. The fourth-order valence-electron chi connectivity index (χ4n) is 4.32. The molecule has 0 saturated carbocycles. The van der Waals surface area contributed by atoms with Crippen molar-refractivity contribution >= 4 is 17.5 Å². The Kier molecular flexibility index (Phi) is 5.58. The van der Waals surface area contributed by atoms with Crippen molar-refractivity contribution in [1.29, 1.82) is 0 Å². The minimum atomic E-state index is -2.08. The third-order valence-electron chi connectivity index (χ3n) is 6.05. The molecule has 1 saturated heterocycles. The summed E-state index contributed by atoms with van der Waals surface area (Å²) in [7, 11) is 0. The van der Waals surface area contributed by atoms with Crippen molar-refractivity contribution in [2.45, 2.75) is 30.5 Å². The summed E-state index contributed by atoms with van der Waals surface area (Å²) in [5.74, 6) is -10.7. The van der Waals surface area contributed by atoms with Gasteiger partial charge in [-0.2, -0.15) is 0 Å². The van der Waals surface area contributed by atoms with Gasteiger partial charge in [0.05, 0.1) is 28.9 Å². The molecule has 2 aromatic rings. The van der Waals surface area contributed by atoms with Crippen molar-refractivity contribution < 1.29 is 70.2 Å².